The Morgan fingerprint density at radius 2 is 1.92 bits per heavy atom. The van der Waals surface area contributed by atoms with E-state index in [1.54, 1.807) is 7.11 Å². The summed E-state index contributed by atoms with van der Waals surface area (Å²) in [6, 6.07) is 9.76. The zero-order valence-electron chi connectivity index (χ0n) is 14.0. The maximum Gasteiger partial charge on any atom is 0.416 e. The number of anilines is 1. The molecular weight excluding hydrogens is 407 g/mol. The molecular formula is C20H17BrF3NO. The molecule has 0 spiro atoms. The van der Waals surface area contributed by atoms with E-state index in [-0.39, 0.29) is 17.9 Å². The standard InChI is InChI=1S/C20H17BrF3NO/c1-26-18-8-6-12(21)10-16(18)19-14-4-2-3-13(14)15-9-11(20(22,23)24)5-7-17(15)25-19/h2-3,5-10,13-14,19,25H,4H2,1H3/t13-,14+,19+/m0/s1. The van der Waals surface area contributed by atoms with E-state index in [0.29, 0.717) is 5.56 Å². The van der Waals surface area contributed by atoms with Crippen LogP contribution in [0.15, 0.2) is 53.0 Å². The van der Waals surface area contributed by atoms with Crippen molar-refractivity contribution in [1.82, 2.24) is 0 Å². The molecule has 0 aromatic heterocycles. The van der Waals surface area contributed by atoms with Crippen molar-refractivity contribution in [3.05, 3.63) is 69.7 Å². The fraction of sp³-hybridized carbons (Fsp3) is 0.300. The summed E-state index contributed by atoms with van der Waals surface area (Å²) >= 11 is 3.50. The van der Waals surface area contributed by atoms with Gasteiger partial charge < -0.3 is 10.1 Å². The molecule has 26 heavy (non-hydrogen) atoms. The van der Waals surface area contributed by atoms with Crippen molar-refractivity contribution in [2.24, 2.45) is 5.92 Å². The summed E-state index contributed by atoms with van der Waals surface area (Å²) in [6.45, 7) is 0. The molecule has 6 heteroatoms. The van der Waals surface area contributed by atoms with Gasteiger partial charge in [-0.25, -0.2) is 0 Å². The lowest BCUT2D eigenvalue weighted by atomic mass is 9.76. The highest BCUT2D eigenvalue weighted by molar-refractivity contribution is 9.10. The van der Waals surface area contributed by atoms with E-state index in [1.165, 1.54) is 12.1 Å². The average Bonchev–Trinajstić information content (AvgIpc) is 3.09. The highest BCUT2D eigenvalue weighted by Crippen LogP contribution is 2.52. The van der Waals surface area contributed by atoms with E-state index in [9.17, 15) is 13.2 Å². The minimum absolute atomic E-state index is 0.0355. The third-order valence-electron chi connectivity index (χ3n) is 5.22. The number of ether oxygens (including phenoxy) is 1. The topological polar surface area (TPSA) is 21.3 Å². The summed E-state index contributed by atoms with van der Waals surface area (Å²) in [4.78, 5) is 0. The summed E-state index contributed by atoms with van der Waals surface area (Å²) in [5, 5.41) is 3.46. The summed E-state index contributed by atoms with van der Waals surface area (Å²) < 4.78 is 45.8. The summed E-state index contributed by atoms with van der Waals surface area (Å²) in [5.41, 5.74) is 1.86. The summed E-state index contributed by atoms with van der Waals surface area (Å²) in [5.74, 6) is 0.878. The van der Waals surface area contributed by atoms with Crippen LogP contribution in [0.4, 0.5) is 18.9 Å². The van der Waals surface area contributed by atoms with Gasteiger partial charge in [-0.2, -0.15) is 13.2 Å². The van der Waals surface area contributed by atoms with Gasteiger partial charge in [-0.05, 0) is 54.3 Å². The molecule has 2 nitrogen and oxygen atoms in total. The molecule has 0 saturated heterocycles. The number of hydrogen-bond donors (Lipinski definition) is 1. The first kappa shape index (κ1) is 17.5. The van der Waals surface area contributed by atoms with Crippen LogP contribution in [0, 0.1) is 5.92 Å². The van der Waals surface area contributed by atoms with Gasteiger partial charge in [0.2, 0.25) is 0 Å². The molecule has 0 amide bonds. The van der Waals surface area contributed by atoms with Crippen LogP contribution in [-0.2, 0) is 6.18 Å². The van der Waals surface area contributed by atoms with Gasteiger partial charge in [0.15, 0.2) is 0 Å². The lowest BCUT2D eigenvalue weighted by Crippen LogP contribution is -2.29. The Balaban J connectivity index is 1.80. The molecule has 2 aromatic carbocycles. The van der Waals surface area contributed by atoms with E-state index in [0.717, 1.165) is 34.0 Å². The predicted molar refractivity (Wildman–Crippen MR) is 98.5 cm³/mol. The molecule has 0 bridgehead atoms. The normalized spacial score (nSPS) is 24.0. The van der Waals surface area contributed by atoms with Crippen molar-refractivity contribution in [3.8, 4) is 5.75 Å². The van der Waals surface area contributed by atoms with E-state index in [4.69, 9.17) is 4.74 Å². The van der Waals surface area contributed by atoms with Gasteiger partial charge in [-0.15, -0.1) is 0 Å². The number of halogens is 4. The van der Waals surface area contributed by atoms with Crippen LogP contribution >= 0.6 is 15.9 Å². The number of fused-ring (bicyclic) bond motifs is 3. The first-order valence-corrected chi connectivity index (χ1v) is 9.15. The maximum atomic E-state index is 13.1. The lowest BCUT2D eigenvalue weighted by molar-refractivity contribution is -0.137. The fourth-order valence-electron chi connectivity index (χ4n) is 4.03. The Labute approximate surface area is 158 Å². The van der Waals surface area contributed by atoms with E-state index in [2.05, 4.69) is 27.3 Å². The van der Waals surface area contributed by atoms with Gasteiger partial charge in [0, 0.05) is 21.6 Å². The van der Waals surface area contributed by atoms with Crippen LogP contribution in [-0.4, -0.2) is 7.11 Å². The number of allylic oxidation sites excluding steroid dienone is 2. The first-order chi connectivity index (χ1) is 12.4. The molecule has 1 aliphatic carbocycles. The molecule has 2 aromatic rings. The van der Waals surface area contributed by atoms with Gasteiger partial charge in [-0.1, -0.05) is 28.1 Å². The minimum atomic E-state index is -4.34. The van der Waals surface area contributed by atoms with Gasteiger partial charge in [0.25, 0.3) is 0 Å². The summed E-state index contributed by atoms with van der Waals surface area (Å²) in [7, 11) is 1.63. The molecule has 4 rings (SSSR count). The molecule has 0 radical (unpaired) electrons. The number of alkyl halides is 3. The number of hydrogen-bond acceptors (Lipinski definition) is 2. The third kappa shape index (κ3) is 2.90. The largest absolute Gasteiger partial charge is 0.496 e. The highest BCUT2D eigenvalue weighted by Gasteiger charge is 2.40. The number of methoxy groups -OCH3 is 1. The molecule has 136 valence electrons. The quantitative estimate of drug-likeness (QED) is 0.571. The van der Waals surface area contributed by atoms with Crippen LogP contribution in [0.25, 0.3) is 0 Å². The zero-order chi connectivity index (χ0) is 18.5. The molecule has 0 unspecified atom stereocenters. The second-order valence-corrected chi connectivity index (χ2v) is 7.58. The Morgan fingerprint density at radius 1 is 1.12 bits per heavy atom. The Bertz CT molecular complexity index is 878. The van der Waals surface area contributed by atoms with Crippen molar-refractivity contribution in [3.63, 3.8) is 0 Å². The number of rotatable bonds is 2. The molecule has 0 saturated carbocycles. The van der Waals surface area contributed by atoms with E-state index >= 15 is 0 Å². The van der Waals surface area contributed by atoms with Crippen LogP contribution in [0.2, 0.25) is 0 Å². The Morgan fingerprint density at radius 3 is 2.65 bits per heavy atom. The van der Waals surface area contributed by atoms with Crippen LogP contribution < -0.4 is 10.1 Å². The van der Waals surface area contributed by atoms with Gasteiger partial charge in [0.1, 0.15) is 5.75 Å². The molecule has 2 aliphatic rings. The number of benzene rings is 2. The zero-order valence-corrected chi connectivity index (χ0v) is 15.6. The van der Waals surface area contributed by atoms with Crippen molar-refractivity contribution in [2.45, 2.75) is 24.6 Å². The second-order valence-electron chi connectivity index (χ2n) is 6.66. The van der Waals surface area contributed by atoms with Crippen LogP contribution in [0.5, 0.6) is 5.75 Å². The van der Waals surface area contributed by atoms with E-state index < -0.39 is 11.7 Å². The molecule has 3 atom stereocenters. The smallest absolute Gasteiger partial charge is 0.416 e. The molecule has 1 heterocycles. The van der Waals surface area contributed by atoms with Crippen LogP contribution in [0.3, 0.4) is 0 Å². The van der Waals surface area contributed by atoms with Crippen molar-refractivity contribution >= 4 is 21.6 Å². The van der Waals surface area contributed by atoms with Crippen molar-refractivity contribution in [2.75, 3.05) is 12.4 Å². The molecule has 0 fully saturated rings. The molecule has 1 N–H and O–H groups in total. The van der Waals surface area contributed by atoms with E-state index in [1.807, 2.05) is 24.3 Å². The van der Waals surface area contributed by atoms with Gasteiger partial charge >= 0.3 is 6.18 Å². The summed E-state index contributed by atoms with van der Waals surface area (Å²) in [6.07, 6.45) is 0.566. The first-order valence-electron chi connectivity index (χ1n) is 8.36. The number of nitrogens with one attached hydrogen (secondary N) is 1. The average molecular weight is 424 g/mol. The van der Waals surface area contributed by atoms with Crippen LogP contribution in [0.1, 0.15) is 35.1 Å². The fourth-order valence-corrected chi connectivity index (χ4v) is 4.41. The monoisotopic (exact) mass is 423 g/mol. The van der Waals surface area contributed by atoms with Gasteiger partial charge in [0.05, 0.1) is 18.7 Å². The Hall–Kier alpha value is -1.95. The molecule has 1 aliphatic heterocycles. The minimum Gasteiger partial charge on any atom is -0.496 e. The lowest BCUT2D eigenvalue weighted by Gasteiger charge is -2.38. The second kappa shape index (κ2) is 6.34. The SMILES string of the molecule is COc1ccc(Br)cc1[C@@H]1Nc2ccc(C(F)(F)F)cc2[C@H]2C=CC[C@H]21. The van der Waals surface area contributed by atoms with Gasteiger partial charge in [-0.3, -0.25) is 0 Å². The maximum absolute atomic E-state index is 13.1. The predicted octanol–water partition coefficient (Wildman–Crippen LogP) is 6.30. The third-order valence-corrected chi connectivity index (χ3v) is 5.71. The Kier molecular flexibility index (Phi) is 4.26. The highest BCUT2D eigenvalue weighted by atomic mass is 79.9. The van der Waals surface area contributed by atoms with Crippen molar-refractivity contribution in [1.29, 1.82) is 0 Å². The van der Waals surface area contributed by atoms with Crippen molar-refractivity contribution < 1.29 is 17.9 Å².